The number of carbonyl (C=O) groups excluding carboxylic acids is 2. The quantitative estimate of drug-likeness (QED) is 0.566. The first kappa shape index (κ1) is 19.9. The summed E-state index contributed by atoms with van der Waals surface area (Å²) in [5.74, 6) is 0.111. The van der Waals surface area contributed by atoms with Crippen molar-refractivity contribution in [3.63, 3.8) is 0 Å². The van der Waals surface area contributed by atoms with Crippen LogP contribution < -0.4 is 0 Å². The van der Waals surface area contributed by atoms with Crippen molar-refractivity contribution in [2.24, 2.45) is 0 Å². The van der Waals surface area contributed by atoms with Crippen molar-refractivity contribution < 1.29 is 9.59 Å². The molecular weight excluding hydrogens is 400 g/mol. The molecule has 0 spiro atoms. The number of rotatable bonds is 6. The molecule has 4 rings (SSSR count). The number of benzene rings is 1. The zero-order chi connectivity index (χ0) is 20.2. The van der Waals surface area contributed by atoms with E-state index in [0.29, 0.717) is 26.1 Å². The lowest BCUT2D eigenvalue weighted by Gasteiger charge is -2.37. The fourth-order valence-electron chi connectivity index (χ4n) is 3.96. The second kappa shape index (κ2) is 8.93. The molecule has 1 aliphatic rings. The molecule has 1 atom stereocenters. The van der Waals surface area contributed by atoms with Crippen LogP contribution in [0.4, 0.5) is 0 Å². The predicted molar refractivity (Wildman–Crippen MR) is 118 cm³/mol. The summed E-state index contributed by atoms with van der Waals surface area (Å²) in [6.45, 7) is 3.46. The van der Waals surface area contributed by atoms with Crippen LogP contribution in [0.1, 0.15) is 40.3 Å². The number of hydrogen-bond acceptors (Lipinski definition) is 4. The van der Waals surface area contributed by atoms with Gasteiger partial charge in [-0.3, -0.25) is 9.59 Å². The van der Waals surface area contributed by atoms with Crippen LogP contribution >= 0.6 is 22.7 Å². The number of hydrogen-bond donors (Lipinski definition) is 0. The first-order chi connectivity index (χ1) is 14.1. The third-order valence-corrected chi connectivity index (χ3v) is 7.11. The standard InChI is InChI=1S/C23H24N2O2S2/c1-17(26)25-11-10-18-6-2-3-9-21(18)22(25)14-23(27)24(15-19-7-4-12-28-19)16-20-8-5-13-29-20/h2-9,12-13,22H,10-11,14-16H2,1H3. The molecule has 1 unspecified atom stereocenters. The lowest BCUT2D eigenvalue weighted by Crippen LogP contribution is -2.41. The number of amides is 2. The van der Waals surface area contributed by atoms with E-state index in [2.05, 4.69) is 24.3 Å². The largest absolute Gasteiger partial charge is 0.335 e. The predicted octanol–water partition coefficient (Wildman–Crippen LogP) is 4.87. The minimum absolute atomic E-state index is 0.0281. The topological polar surface area (TPSA) is 40.6 Å². The van der Waals surface area contributed by atoms with E-state index in [1.54, 1.807) is 29.6 Å². The molecule has 3 heterocycles. The minimum atomic E-state index is -0.195. The Balaban J connectivity index is 1.58. The summed E-state index contributed by atoms with van der Waals surface area (Å²) < 4.78 is 0. The van der Waals surface area contributed by atoms with E-state index in [4.69, 9.17) is 0 Å². The third-order valence-electron chi connectivity index (χ3n) is 5.39. The van der Waals surface area contributed by atoms with Gasteiger partial charge in [0.1, 0.15) is 0 Å². The van der Waals surface area contributed by atoms with Crippen LogP contribution in [0.15, 0.2) is 59.3 Å². The van der Waals surface area contributed by atoms with E-state index < -0.39 is 0 Å². The first-order valence-corrected chi connectivity index (χ1v) is 11.6. The van der Waals surface area contributed by atoms with Crippen LogP contribution in [0.5, 0.6) is 0 Å². The maximum atomic E-state index is 13.4. The number of carbonyl (C=O) groups is 2. The van der Waals surface area contributed by atoms with Gasteiger partial charge in [0.05, 0.1) is 25.6 Å². The van der Waals surface area contributed by atoms with Gasteiger partial charge in [-0.2, -0.15) is 0 Å². The maximum absolute atomic E-state index is 13.4. The second-order valence-corrected chi connectivity index (χ2v) is 9.35. The smallest absolute Gasteiger partial charge is 0.225 e. The van der Waals surface area contributed by atoms with Crippen molar-refractivity contribution in [1.29, 1.82) is 0 Å². The normalized spacial score (nSPS) is 15.8. The van der Waals surface area contributed by atoms with Crippen LogP contribution in [0.25, 0.3) is 0 Å². The molecule has 150 valence electrons. The van der Waals surface area contributed by atoms with Crippen molar-refractivity contribution in [2.75, 3.05) is 6.54 Å². The van der Waals surface area contributed by atoms with Gasteiger partial charge in [-0.1, -0.05) is 36.4 Å². The van der Waals surface area contributed by atoms with Gasteiger partial charge in [0.2, 0.25) is 11.8 Å². The number of nitrogens with zero attached hydrogens (tertiary/aromatic N) is 2. The van der Waals surface area contributed by atoms with Gasteiger partial charge < -0.3 is 9.80 Å². The van der Waals surface area contributed by atoms with Gasteiger partial charge in [-0.25, -0.2) is 0 Å². The molecule has 0 saturated heterocycles. The molecule has 0 bridgehead atoms. The summed E-state index contributed by atoms with van der Waals surface area (Å²) >= 11 is 3.33. The highest BCUT2D eigenvalue weighted by atomic mass is 32.1. The molecule has 0 aliphatic carbocycles. The Kier molecular flexibility index (Phi) is 6.11. The SMILES string of the molecule is CC(=O)N1CCc2ccccc2C1CC(=O)N(Cc1cccs1)Cc1cccs1. The number of fused-ring (bicyclic) bond motifs is 1. The molecule has 1 aromatic carbocycles. The van der Waals surface area contributed by atoms with Crippen molar-refractivity contribution >= 4 is 34.5 Å². The second-order valence-electron chi connectivity index (χ2n) is 7.29. The van der Waals surface area contributed by atoms with Crippen molar-refractivity contribution in [3.05, 3.63) is 80.2 Å². The summed E-state index contributed by atoms with van der Waals surface area (Å²) in [7, 11) is 0. The van der Waals surface area contributed by atoms with Gasteiger partial charge in [0.25, 0.3) is 0 Å². The van der Waals surface area contributed by atoms with Gasteiger partial charge in [-0.05, 0) is 40.4 Å². The zero-order valence-electron chi connectivity index (χ0n) is 16.4. The Labute approximate surface area is 179 Å². The van der Waals surface area contributed by atoms with Gasteiger partial charge >= 0.3 is 0 Å². The number of thiophene rings is 2. The van der Waals surface area contributed by atoms with Crippen LogP contribution in [-0.2, 0) is 29.1 Å². The van der Waals surface area contributed by atoms with E-state index in [0.717, 1.165) is 12.0 Å². The lowest BCUT2D eigenvalue weighted by molar-refractivity contribution is -0.137. The highest BCUT2D eigenvalue weighted by Crippen LogP contribution is 2.33. The summed E-state index contributed by atoms with van der Waals surface area (Å²) in [6.07, 6.45) is 1.15. The monoisotopic (exact) mass is 424 g/mol. The molecule has 0 radical (unpaired) electrons. The first-order valence-electron chi connectivity index (χ1n) is 9.79. The highest BCUT2D eigenvalue weighted by Gasteiger charge is 2.32. The Morgan fingerprint density at radius 2 is 1.66 bits per heavy atom. The van der Waals surface area contributed by atoms with Gasteiger partial charge in [0, 0.05) is 23.2 Å². The third kappa shape index (κ3) is 4.60. The van der Waals surface area contributed by atoms with Gasteiger partial charge in [0.15, 0.2) is 0 Å². The molecule has 0 saturated carbocycles. The van der Waals surface area contributed by atoms with Crippen molar-refractivity contribution in [2.45, 2.75) is 38.9 Å². The van der Waals surface area contributed by atoms with Crippen LogP contribution in [0.2, 0.25) is 0 Å². The van der Waals surface area contributed by atoms with Crippen molar-refractivity contribution in [1.82, 2.24) is 9.80 Å². The fraction of sp³-hybridized carbons (Fsp3) is 0.304. The Morgan fingerprint density at radius 1 is 1.00 bits per heavy atom. The Morgan fingerprint density at radius 3 is 2.24 bits per heavy atom. The van der Waals surface area contributed by atoms with E-state index in [-0.39, 0.29) is 17.9 Å². The van der Waals surface area contributed by atoms with Crippen LogP contribution in [-0.4, -0.2) is 28.2 Å². The summed E-state index contributed by atoms with van der Waals surface area (Å²) in [6, 6.07) is 16.2. The zero-order valence-corrected chi connectivity index (χ0v) is 18.0. The summed E-state index contributed by atoms with van der Waals surface area (Å²) in [5, 5.41) is 4.08. The molecule has 29 heavy (non-hydrogen) atoms. The molecule has 2 amide bonds. The molecule has 2 aromatic heterocycles. The van der Waals surface area contributed by atoms with Crippen LogP contribution in [0, 0.1) is 0 Å². The Bertz CT molecular complexity index is 930. The molecule has 4 nitrogen and oxygen atoms in total. The lowest BCUT2D eigenvalue weighted by atomic mass is 9.90. The Hall–Kier alpha value is -2.44. The van der Waals surface area contributed by atoms with E-state index >= 15 is 0 Å². The molecule has 6 heteroatoms. The molecule has 3 aromatic rings. The maximum Gasteiger partial charge on any atom is 0.225 e. The van der Waals surface area contributed by atoms with Crippen molar-refractivity contribution in [3.8, 4) is 0 Å². The fourth-order valence-corrected chi connectivity index (χ4v) is 5.40. The van der Waals surface area contributed by atoms with E-state index in [1.807, 2.05) is 44.8 Å². The molecular formula is C23H24N2O2S2. The summed E-state index contributed by atoms with van der Waals surface area (Å²) in [4.78, 5) is 31.8. The minimum Gasteiger partial charge on any atom is -0.335 e. The van der Waals surface area contributed by atoms with E-state index in [9.17, 15) is 9.59 Å². The molecule has 1 aliphatic heterocycles. The molecule has 0 fully saturated rings. The summed E-state index contributed by atoms with van der Waals surface area (Å²) in [5.41, 5.74) is 2.35. The van der Waals surface area contributed by atoms with Gasteiger partial charge in [-0.15, -0.1) is 22.7 Å². The average molecular weight is 425 g/mol. The molecule has 0 N–H and O–H groups in total. The average Bonchev–Trinajstić information content (AvgIpc) is 3.41. The highest BCUT2D eigenvalue weighted by molar-refractivity contribution is 7.10. The van der Waals surface area contributed by atoms with Crippen LogP contribution in [0.3, 0.4) is 0 Å². The van der Waals surface area contributed by atoms with E-state index in [1.165, 1.54) is 15.3 Å².